The van der Waals surface area contributed by atoms with Crippen molar-refractivity contribution in [2.75, 3.05) is 13.2 Å². The Morgan fingerprint density at radius 1 is 0.938 bits per heavy atom. The molecule has 0 unspecified atom stereocenters. The van der Waals surface area contributed by atoms with E-state index in [1.54, 1.807) is 12.1 Å². The van der Waals surface area contributed by atoms with Crippen molar-refractivity contribution in [1.29, 1.82) is 0 Å². The van der Waals surface area contributed by atoms with Gasteiger partial charge in [0.25, 0.3) is 0 Å². The molecule has 1 aliphatic heterocycles. The van der Waals surface area contributed by atoms with E-state index in [0.29, 0.717) is 37.6 Å². The van der Waals surface area contributed by atoms with E-state index in [4.69, 9.17) is 13.9 Å². The van der Waals surface area contributed by atoms with Crippen LogP contribution in [0.1, 0.15) is 34.7 Å². The first-order chi connectivity index (χ1) is 15.6. The summed E-state index contributed by atoms with van der Waals surface area (Å²) in [5, 5.41) is 0. The summed E-state index contributed by atoms with van der Waals surface area (Å²) >= 11 is 3.42. The number of hydrazine groups is 1. The Morgan fingerprint density at radius 3 is 2.38 bits per heavy atom. The first kappa shape index (κ1) is 22.1. The van der Waals surface area contributed by atoms with Gasteiger partial charge in [-0.1, -0.05) is 46.3 Å². The number of carbonyl (C=O) groups is 2. The minimum Gasteiger partial charge on any atom is -0.486 e. The van der Waals surface area contributed by atoms with E-state index in [-0.39, 0.29) is 18.3 Å². The molecule has 0 radical (unpaired) electrons. The molecule has 166 valence electrons. The molecular weight excluding hydrogens is 476 g/mol. The molecule has 1 saturated heterocycles. The Kier molecular flexibility index (Phi) is 6.92. The van der Waals surface area contributed by atoms with Crippen molar-refractivity contribution in [3.8, 4) is 5.75 Å². The van der Waals surface area contributed by atoms with E-state index in [2.05, 4.69) is 26.8 Å². The lowest BCUT2D eigenvalue weighted by Gasteiger charge is -2.36. The minimum atomic E-state index is -0.774. The zero-order valence-electron chi connectivity index (χ0n) is 17.3. The van der Waals surface area contributed by atoms with E-state index >= 15 is 0 Å². The highest BCUT2D eigenvalue weighted by atomic mass is 79.9. The van der Waals surface area contributed by atoms with Crippen LogP contribution in [-0.2, 0) is 21.6 Å². The molecule has 4 rings (SSSR count). The average molecular weight is 499 g/mol. The molecule has 3 aromatic rings. The number of halogens is 1. The molecule has 2 heterocycles. The van der Waals surface area contributed by atoms with Crippen LogP contribution in [0.15, 0.2) is 75.6 Å². The molecule has 0 aliphatic carbocycles. The van der Waals surface area contributed by atoms with Crippen molar-refractivity contribution in [1.82, 2.24) is 10.9 Å². The normalized spacial score (nSPS) is 15.0. The third-order valence-corrected chi connectivity index (χ3v) is 6.01. The van der Waals surface area contributed by atoms with Crippen LogP contribution >= 0.6 is 15.9 Å². The number of rotatable bonds is 6. The average Bonchev–Trinajstić information content (AvgIpc) is 3.32. The fraction of sp³-hybridized carbons (Fsp3) is 0.250. The van der Waals surface area contributed by atoms with E-state index in [9.17, 15) is 9.59 Å². The SMILES string of the molecule is O=C(NNC(=O)C1(c2ccc(Br)cc2)CCOCC1)c1ccc(COc2ccccc2)o1. The van der Waals surface area contributed by atoms with Gasteiger partial charge >= 0.3 is 5.91 Å². The summed E-state index contributed by atoms with van der Waals surface area (Å²) in [4.78, 5) is 25.7. The van der Waals surface area contributed by atoms with Gasteiger partial charge in [-0.2, -0.15) is 0 Å². The molecule has 2 N–H and O–H groups in total. The maximum absolute atomic E-state index is 13.2. The molecule has 1 fully saturated rings. The van der Waals surface area contributed by atoms with Gasteiger partial charge in [0.1, 0.15) is 18.1 Å². The molecule has 8 heteroatoms. The molecule has 0 spiro atoms. The van der Waals surface area contributed by atoms with Gasteiger partial charge < -0.3 is 13.9 Å². The van der Waals surface area contributed by atoms with Gasteiger partial charge in [0, 0.05) is 17.7 Å². The summed E-state index contributed by atoms with van der Waals surface area (Å²) in [6, 6.07) is 20.2. The van der Waals surface area contributed by atoms with Crippen molar-refractivity contribution in [2.24, 2.45) is 0 Å². The molecule has 0 saturated carbocycles. The molecule has 0 bridgehead atoms. The van der Waals surface area contributed by atoms with Crippen LogP contribution in [0.2, 0.25) is 0 Å². The molecule has 0 atom stereocenters. The lowest BCUT2D eigenvalue weighted by Crippen LogP contribution is -2.53. The summed E-state index contributed by atoms with van der Waals surface area (Å²) < 4.78 is 17.6. The van der Waals surface area contributed by atoms with Crippen molar-refractivity contribution in [3.05, 3.63) is 88.3 Å². The van der Waals surface area contributed by atoms with E-state index in [1.165, 1.54) is 0 Å². The monoisotopic (exact) mass is 498 g/mol. The second kappa shape index (κ2) is 10.0. The maximum atomic E-state index is 13.2. The van der Waals surface area contributed by atoms with Gasteiger partial charge in [-0.25, -0.2) is 0 Å². The minimum absolute atomic E-state index is 0.0848. The Morgan fingerprint density at radius 2 is 1.66 bits per heavy atom. The lowest BCUT2D eigenvalue weighted by atomic mass is 9.73. The molecule has 2 aromatic carbocycles. The van der Waals surface area contributed by atoms with Gasteiger partial charge in [0.2, 0.25) is 5.91 Å². The lowest BCUT2D eigenvalue weighted by molar-refractivity contribution is -0.131. The highest BCUT2D eigenvalue weighted by molar-refractivity contribution is 9.10. The molecule has 7 nitrogen and oxygen atoms in total. The summed E-state index contributed by atoms with van der Waals surface area (Å²) in [5.74, 6) is 0.470. The zero-order valence-corrected chi connectivity index (χ0v) is 18.9. The predicted molar refractivity (Wildman–Crippen MR) is 121 cm³/mol. The number of nitrogens with one attached hydrogen (secondary N) is 2. The second-order valence-electron chi connectivity index (χ2n) is 7.48. The number of carbonyl (C=O) groups excluding carboxylic acids is 2. The Hall–Kier alpha value is -3.10. The van der Waals surface area contributed by atoms with Gasteiger partial charge in [-0.15, -0.1) is 0 Å². The number of hydrogen-bond acceptors (Lipinski definition) is 5. The Labute approximate surface area is 194 Å². The van der Waals surface area contributed by atoms with Gasteiger partial charge in [0.05, 0.1) is 5.41 Å². The zero-order chi connectivity index (χ0) is 22.4. The topological polar surface area (TPSA) is 89.8 Å². The van der Waals surface area contributed by atoms with Crippen LogP contribution in [-0.4, -0.2) is 25.0 Å². The maximum Gasteiger partial charge on any atom is 0.305 e. The van der Waals surface area contributed by atoms with Crippen LogP contribution in [0.3, 0.4) is 0 Å². The van der Waals surface area contributed by atoms with E-state index in [1.807, 2.05) is 54.6 Å². The van der Waals surface area contributed by atoms with Gasteiger partial charge in [-0.3, -0.25) is 20.4 Å². The van der Waals surface area contributed by atoms with Crippen molar-refractivity contribution in [3.63, 3.8) is 0 Å². The highest BCUT2D eigenvalue weighted by Gasteiger charge is 2.42. The Bertz CT molecular complexity index is 1060. The van der Waals surface area contributed by atoms with Crippen molar-refractivity contribution >= 4 is 27.7 Å². The molecule has 32 heavy (non-hydrogen) atoms. The van der Waals surface area contributed by atoms with Crippen LogP contribution in [0.25, 0.3) is 0 Å². The van der Waals surface area contributed by atoms with Crippen LogP contribution < -0.4 is 15.6 Å². The van der Waals surface area contributed by atoms with E-state index < -0.39 is 11.3 Å². The molecular formula is C24H23BrN2O5. The third-order valence-electron chi connectivity index (χ3n) is 5.48. The second-order valence-corrected chi connectivity index (χ2v) is 8.39. The van der Waals surface area contributed by atoms with Crippen LogP contribution in [0.4, 0.5) is 0 Å². The number of ether oxygens (including phenoxy) is 2. The standard InChI is InChI=1S/C24H23BrN2O5/c25-18-8-6-17(7-9-18)24(12-14-30-15-13-24)23(29)27-26-22(28)21-11-10-20(32-21)16-31-19-4-2-1-3-5-19/h1-11H,12-16H2,(H,26,28)(H,27,29). The molecule has 1 aromatic heterocycles. The van der Waals surface area contributed by atoms with Crippen LogP contribution in [0.5, 0.6) is 5.75 Å². The number of benzene rings is 2. The first-order valence-electron chi connectivity index (χ1n) is 10.3. The fourth-order valence-electron chi connectivity index (χ4n) is 3.68. The molecule has 1 aliphatic rings. The summed E-state index contributed by atoms with van der Waals surface area (Å²) in [6.45, 7) is 1.14. The molecule has 2 amide bonds. The summed E-state index contributed by atoms with van der Waals surface area (Å²) in [7, 11) is 0. The van der Waals surface area contributed by atoms with Gasteiger partial charge in [0.15, 0.2) is 5.76 Å². The van der Waals surface area contributed by atoms with Crippen molar-refractivity contribution in [2.45, 2.75) is 24.9 Å². The first-order valence-corrected chi connectivity index (χ1v) is 11.1. The summed E-state index contributed by atoms with van der Waals surface area (Å²) in [5.41, 5.74) is 5.15. The number of amides is 2. The van der Waals surface area contributed by atoms with E-state index in [0.717, 1.165) is 10.0 Å². The van der Waals surface area contributed by atoms with Crippen molar-refractivity contribution < 1.29 is 23.5 Å². The van der Waals surface area contributed by atoms with Gasteiger partial charge in [-0.05, 0) is 54.8 Å². The Balaban J connectivity index is 1.37. The third kappa shape index (κ3) is 5.03. The largest absolute Gasteiger partial charge is 0.486 e. The highest BCUT2D eigenvalue weighted by Crippen LogP contribution is 2.35. The number of hydrogen-bond donors (Lipinski definition) is 2. The number of para-hydroxylation sites is 1. The fourth-order valence-corrected chi connectivity index (χ4v) is 3.94. The van der Waals surface area contributed by atoms with Crippen LogP contribution in [0, 0.1) is 0 Å². The summed E-state index contributed by atoms with van der Waals surface area (Å²) in [6.07, 6.45) is 1.05. The number of furan rings is 1. The quantitative estimate of drug-likeness (QED) is 0.498. The predicted octanol–water partition coefficient (Wildman–Crippen LogP) is 4.13. The smallest absolute Gasteiger partial charge is 0.305 e.